The molecule has 0 aliphatic rings. The Morgan fingerprint density at radius 3 is 2.67 bits per heavy atom. The molecule has 128 valence electrons. The molecule has 7 nitrogen and oxygen atoms in total. The second-order valence-corrected chi connectivity index (χ2v) is 6.25. The average molecular weight is 351 g/mol. The average Bonchev–Trinajstić information content (AvgIpc) is 2.82. The van der Waals surface area contributed by atoms with Crippen LogP contribution in [0.15, 0.2) is 24.3 Å². The van der Waals surface area contributed by atoms with E-state index in [1.807, 2.05) is 31.5 Å². The van der Waals surface area contributed by atoms with Crippen molar-refractivity contribution in [3.8, 4) is 0 Å². The van der Waals surface area contributed by atoms with Gasteiger partial charge in [-0.2, -0.15) is 5.10 Å². The first-order valence-electron chi connectivity index (χ1n) is 7.51. The first kappa shape index (κ1) is 17.9. The highest BCUT2D eigenvalue weighted by atomic mass is 35.5. The second-order valence-electron chi connectivity index (χ2n) is 5.85. The summed E-state index contributed by atoms with van der Waals surface area (Å²) in [5, 5.41) is 17.9. The first-order valence-corrected chi connectivity index (χ1v) is 7.89. The molecule has 0 radical (unpaired) electrons. The molecule has 0 fully saturated rings. The van der Waals surface area contributed by atoms with Gasteiger partial charge in [0.25, 0.3) is 11.6 Å². The van der Waals surface area contributed by atoms with Crippen LogP contribution in [-0.2, 0) is 6.54 Å². The van der Waals surface area contributed by atoms with Crippen molar-refractivity contribution in [2.45, 2.75) is 27.3 Å². The van der Waals surface area contributed by atoms with Crippen LogP contribution >= 0.6 is 11.6 Å². The largest absolute Gasteiger partial charge is 0.352 e. The van der Waals surface area contributed by atoms with E-state index in [0.717, 1.165) is 11.4 Å². The van der Waals surface area contributed by atoms with Crippen molar-refractivity contribution in [1.29, 1.82) is 0 Å². The maximum atomic E-state index is 12.2. The van der Waals surface area contributed by atoms with Crippen molar-refractivity contribution in [3.05, 3.63) is 56.4 Å². The Hall–Kier alpha value is -2.41. The Morgan fingerprint density at radius 1 is 1.42 bits per heavy atom. The predicted molar refractivity (Wildman–Crippen MR) is 91.3 cm³/mol. The predicted octanol–water partition coefficient (Wildman–Crippen LogP) is 3.13. The summed E-state index contributed by atoms with van der Waals surface area (Å²) in [5.41, 5.74) is 2.11. The molecule has 0 aliphatic heterocycles. The summed E-state index contributed by atoms with van der Waals surface area (Å²) in [6, 6.07) is 5.80. The monoisotopic (exact) mass is 350 g/mol. The summed E-state index contributed by atoms with van der Waals surface area (Å²) in [6.45, 7) is 7.07. The summed E-state index contributed by atoms with van der Waals surface area (Å²) < 4.78 is 1.91. The van der Waals surface area contributed by atoms with Crippen molar-refractivity contribution >= 4 is 23.2 Å². The van der Waals surface area contributed by atoms with Gasteiger partial charge in [-0.3, -0.25) is 19.6 Å². The summed E-state index contributed by atoms with van der Waals surface area (Å²) >= 11 is 5.96. The van der Waals surface area contributed by atoms with Crippen LogP contribution in [0.2, 0.25) is 5.02 Å². The zero-order valence-corrected chi connectivity index (χ0v) is 14.5. The molecule has 0 bridgehead atoms. The molecule has 1 atom stereocenters. The van der Waals surface area contributed by atoms with Crippen molar-refractivity contribution < 1.29 is 9.72 Å². The van der Waals surface area contributed by atoms with E-state index < -0.39 is 4.92 Å². The molecule has 0 spiro atoms. The normalized spacial score (nSPS) is 12.0. The van der Waals surface area contributed by atoms with Gasteiger partial charge < -0.3 is 5.32 Å². The number of rotatable bonds is 6. The maximum Gasteiger partial charge on any atom is 0.270 e. The number of nitrogens with one attached hydrogen (secondary N) is 1. The SMILES string of the molecule is Cc1cc(C)n(C[C@@H](C)CNC(=O)c2ccc([N+](=O)[O-])cc2Cl)n1. The topological polar surface area (TPSA) is 90.1 Å². The fraction of sp³-hybridized carbons (Fsp3) is 0.375. The van der Waals surface area contributed by atoms with E-state index in [1.54, 1.807) is 0 Å². The van der Waals surface area contributed by atoms with Gasteiger partial charge in [0.1, 0.15) is 0 Å². The first-order chi connectivity index (χ1) is 11.3. The van der Waals surface area contributed by atoms with Gasteiger partial charge in [0, 0.05) is 30.9 Å². The number of carbonyl (C=O) groups excluding carboxylic acids is 1. The molecule has 1 amide bonds. The zero-order valence-electron chi connectivity index (χ0n) is 13.7. The smallest absolute Gasteiger partial charge is 0.270 e. The third-order valence-corrected chi connectivity index (χ3v) is 3.92. The second kappa shape index (κ2) is 7.44. The minimum Gasteiger partial charge on any atom is -0.352 e. The van der Waals surface area contributed by atoms with Crippen LogP contribution < -0.4 is 5.32 Å². The third-order valence-electron chi connectivity index (χ3n) is 3.61. The van der Waals surface area contributed by atoms with E-state index >= 15 is 0 Å². The quantitative estimate of drug-likeness (QED) is 0.640. The number of aryl methyl sites for hydroxylation is 2. The summed E-state index contributed by atoms with van der Waals surface area (Å²) in [5.74, 6) is -0.182. The third kappa shape index (κ3) is 4.32. The number of nitrogens with zero attached hydrogens (tertiary/aromatic N) is 3. The Balaban J connectivity index is 1.95. The van der Waals surface area contributed by atoms with Crippen molar-refractivity contribution in [3.63, 3.8) is 0 Å². The number of halogens is 1. The van der Waals surface area contributed by atoms with Gasteiger partial charge in [0.05, 0.1) is 21.2 Å². The molecule has 0 aliphatic carbocycles. The molecule has 2 aromatic rings. The Kier molecular flexibility index (Phi) is 5.56. The van der Waals surface area contributed by atoms with E-state index in [9.17, 15) is 14.9 Å². The number of hydrogen-bond acceptors (Lipinski definition) is 4. The van der Waals surface area contributed by atoms with Crippen LogP contribution in [-0.4, -0.2) is 27.2 Å². The van der Waals surface area contributed by atoms with Crippen LogP contribution in [0.4, 0.5) is 5.69 Å². The van der Waals surface area contributed by atoms with Crippen molar-refractivity contribution in [2.75, 3.05) is 6.54 Å². The van der Waals surface area contributed by atoms with Gasteiger partial charge in [-0.1, -0.05) is 18.5 Å². The molecule has 1 aromatic heterocycles. The number of nitro benzene ring substituents is 1. The Labute approximate surface area is 144 Å². The molecular weight excluding hydrogens is 332 g/mol. The minimum atomic E-state index is -0.552. The maximum absolute atomic E-state index is 12.2. The highest BCUT2D eigenvalue weighted by molar-refractivity contribution is 6.34. The Bertz CT molecular complexity index is 773. The van der Waals surface area contributed by atoms with E-state index in [-0.39, 0.29) is 28.1 Å². The molecule has 1 N–H and O–H groups in total. The van der Waals surface area contributed by atoms with Gasteiger partial charge in [-0.15, -0.1) is 0 Å². The number of amides is 1. The van der Waals surface area contributed by atoms with Crippen LogP contribution in [0.3, 0.4) is 0 Å². The fourth-order valence-corrected chi connectivity index (χ4v) is 2.64. The molecule has 8 heteroatoms. The van der Waals surface area contributed by atoms with Gasteiger partial charge in [0.15, 0.2) is 0 Å². The number of nitro groups is 1. The van der Waals surface area contributed by atoms with Crippen LogP contribution in [0.25, 0.3) is 0 Å². The molecule has 2 rings (SSSR count). The van der Waals surface area contributed by atoms with Crippen molar-refractivity contribution in [1.82, 2.24) is 15.1 Å². The molecule has 0 unspecified atom stereocenters. The molecular formula is C16H19ClN4O3. The highest BCUT2D eigenvalue weighted by Crippen LogP contribution is 2.22. The standard InChI is InChI=1S/C16H19ClN4O3/c1-10(9-20-12(3)6-11(2)19-20)8-18-16(22)14-5-4-13(21(23)24)7-15(14)17/h4-7,10H,8-9H2,1-3H3,(H,18,22)/t10-/m0/s1. The van der Waals surface area contributed by atoms with Crippen LogP contribution in [0.5, 0.6) is 0 Å². The molecule has 1 heterocycles. The van der Waals surface area contributed by atoms with Gasteiger partial charge in [0.2, 0.25) is 0 Å². The number of hydrogen-bond donors (Lipinski definition) is 1. The van der Waals surface area contributed by atoms with Gasteiger partial charge >= 0.3 is 0 Å². The van der Waals surface area contributed by atoms with Gasteiger partial charge in [-0.25, -0.2) is 0 Å². The molecule has 1 aromatic carbocycles. The number of benzene rings is 1. The number of non-ortho nitro benzene ring substituents is 1. The lowest BCUT2D eigenvalue weighted by molar-refractivity contribution is -0.384. The van der Waals surface area contributed by atoms with Gasteiger partial charge in [-0.05, 0) is 31.9 Å². The molecule has 0 saturated heterocycles. The number of carbonyl (C=O) groups is 1. The molecule has 24 heavy (non-hydrogen) atoms. The molecule has 0 saturated carbocycles. The number of aromatic nitrogens is 2. The van der Waals surface area contributed by atoms with Crippen LogP contribution in [0, 0.1) is 29.9 Å². The fourth-order valence-electron chi connectivity index (χ4n) is 2.38. The summed E-state index contributed by atoms with van der Waals surface area (Å²) in [6.07, 6.45) is 0. The highest BCUT2D eigenvalue weighted by Gasteiger charge is 2.16. The van der Waals surface area contributed by atoms with E-state index in [0.29, 0.717) is 13.1 Å². The summed E-state index contributed by atoms with van der Waals surface area (Å²) in [4.78, 5) is 22.3. The lowest BCUT2D eigenvalue weighted by Gasteiger charge is -2.14. The lowest BCUT2D eigenvalue weighted by Crippen LogP contribution is -2.30. The summed E-state index contributed by atoms with van der Waals surface area (Å²) in [7, 11) is 0. The van der Waals surface area contributed by atoms with E-state index in [2.05, 4.69) is 10.4 Å². The zero-order chi connectivity index (χ0) is 17.9. The van der Waals surface area contributed by atoms with Crippen molar-refractivity contribution in [2.24, 2.45) is 5.92 Å². The Morgan fingerprint density at radius 2 is 2.12 bits per heavy atom. The van der Waals surface area contributed by atoms with Crippen LogP contribution in [0.1, 0.15) is 28.7 Å². The minimum absolute atomic E-state index is 0.0629. The van der Waals surface area contributed by atoms with E-state index in [1.165, 1.54) is 18.2 Å². The van der Waals surface area contributed by atoms with E-state index in [4.69, 9.17) is 11.6 Å². The lowest BCUT2D eigenvalue weighted by atomic mass is 10.1.